The third-order valence-corrected chi connectivity index (χ3v) is 2.86. The zero-order valence-electron chi connectivity index (χ0n) is 8.38. The van der Waals surface area contributed by atoms with E-state index in [2.05, 4.69) is 16.9 Å². The number of hydrogen-bond acceptors (Lipinski definition) is 3. The van der Waals surface area contributed by atoms with Crippen molar-refractivity contribution >= 4 is 5.91 Å². The Balaban J connectivity index is 1.79. The first-order valence-corrected chi connectivity index (χ1v) is 5.13. The molecule has 0 aromatic heterocycles. The molecule has 0 saturated heterocycles. The lowest BCUT2D eigenvalue weighted by molar-refractivity contribution is -0.119. The summed E-state index contributed by atoms with van der Waals surface area (Å²) >= 11 is 0. The molecular weight excluding hydrogens is 180 g/mol. The van der Waals surface area contributed by atoms with E-state index in [1.165, 1.54) is 26.2 Å². The first-order valence-electron chi connectivity index (χ1n) is 5.13. The molecule has 2 rings (SSSR count). The predicted molar refractivity (Wildman–Crippen MR) is 52.1 cm³/mol. The molecular formula is C10H16N2O2. The monoisotopic (exact) mass is 196 g/mol. The number of rotatable bonds is 3. The predicted octanol–water partition coefficient (Wildman–Crippen LogP) is 0.710. The Morgan fingerprint density at radius 2 is 2.50 bits per heavy atom. The molecule has 4 heteroatoms. The summed E-state index contributed by atoms with van der Waals surface area (Å²) in [6.45, 7) is 2.00. The molecule has 1 fully saturated rings. The van der Waals surface area contributed by atoms with Crippen LogP contribution in [0.3, 0.4) is 0 Å². The Kier molecular flexibility index (Phi) is 2.72. The maximum Gasteiger partial charge on any atom is 0.217 e. The Morgan fingerprint density at radius 3 is 3.07 bits per heavy atom. The molecule has 1 aliphatic carbocycles. The van der Waals surface area contributed by atoms with Gasteiger partial charge in [0.2, 0.25) is 5.91 Å². The molecule has 1 amide bonds. The molecule has 0 aromatic carbocycles. The van der Waals surface area contributed by atoms with Gasteiger partial charge in [-0.1, -0.05) is 6.42 Å². The van der Waals surface area contributed by atoms with E-state index in [0.29, 0.717) is 12.6 Å². The quantitative estimate of drug-likeness (QED) is 0.699. The van der Waals surface area contributed by atoms with Crippen LogP contribution >= 0.6 is 0 Å². The van der Waals surface area contributed by atoms with Crippen LogP contribution < -0.4 is 10.8 Å². The molecule has 14 heavy (non-hydrogen) atoms. The molecule has 78 valence electrons. The highest BCUT2D eigenvalue weighted by Gasteiger charge is 2.29. The van der Waals surface area contributed by atoms with Gasteiger partial charge in [-0.3, -0.25) is 4.79 Å². The third-order valence-electron chi connectivity index (χ3n) is 2.86. The highest BCUT2D eigenvalue weighted by molar-refractivity contribution is 5.73. The summed E-state index contributed by atoms with van der Waals surface area (Å²) in [6, 6.07) is 0.354. The van der Waals surface area contributed by atoms with Gasteiger partial charge in [0.15, 0.2) is 0 Å². The van der Waals surface area contributed by atoms with Crippen LogP contribution in [0.1, 0.15) is 26.2 Å². The van der Waals surface area contributed by atoms with Crippen molar-refractivity contribution in [1.29, 1.82) is 0 Å². The SMILES string of the molecule is CC(=O)NCC1=CC(C2CCC2)NO1. The molecule has 1 heterocycles. The van der Waals surface area contributed by atoms with E-state index in [9.17, 15) is 4.79 Å². The maximum atomic E-state index is 10.7. The molecule has 1 saturated carbocycles. The molecule has 0 radical (unpaired) electrons. The number of carbonyl (C=O) groups excluding carboxylic acids is 1. The smallest absolute Gasteiger partial charge is 0.217 e. The maximum absolute atomic E-state index is 10.7. The minimum Gasteiger partial charge on any atom is -0.411 e. The molecule has 0 aromatic rings. The van der Waals surface area contributed by atoms with Crippen LogP contribution in [-0.2, 0) is 9.63 Å². The van der Waals surface area contributed by atoms with E-state index in [1.54, 1.807) is 0 Å². The minimum absolute atomic E-state index is 0.0263. The van der Waals surface area contributed by atoms with Gasteiger partial charge >= 0.3 is 0 Å². The van der Waals surface area contributed by atoms with Gasteiger partial charge < -0.3 is 10.2 Å². The molecule has 0 bridgehead atoms. The summed E-state index contributed by atoms with van der Waals surface area (Å²) in [5, 5.41) is 2.71. The summed E-state index contributed by atoms with van der Waals surface area (Å²) in [5.74, 6) is 1.53. The summed E-state index contributed by atoms with van der Waals surface area (Å²) in [7, 11) is 0. The number of hydrogen-bond donors (Lipinski definition) is 2. The molecule has 0 spiro atoms. The van der Waals surface area contributed by atoms with Crippen LogP contribution in [0.25, 0.3) is 0 Å². The van der Waals surface area contributed by atoms with Crippen LogP contribution in [-0.4, -0.2) is 18.5 Å². The Morgan fingerprint density at radius 1 is 1.71 bits per heavy atom. The van der Waals surface area contributed by atoms with Crippen molar-refractivity contribution in [2.45, 2.75) is 32.2 Å². The average Bonchev–Trinajstić information content (AvgIpc) is 2.46. The van der Waals surface area contributed by atoms with Crippen LogP contribution in [0.15, 0.2) is 11.8 Å². The van der Waals surface area contributed by atoms with E-state index in [0.717, 1.165) is 11.7 Å². The van der Waals surface area contributed by atoms with Crippen molar-refractivity contribution in [1.82, 2.24) is 10.8 Å². The first kappa shape index (κ1) is 9.52. The molecule has 1 unspecified atom stereocenters. The van der Waals surface area contributed by atoms with Crippen molar-refractivity contribution in [3.05, 3.63) is 11.8 Å². The lowest BCUT2D eigenvalue weighted by Gasteiger charge is -2.28. The van der Waals surface area contributed by atoms with Crippen molar-refractivity contribution in [3.63, 3.8) is 0 Å². The largest absolute Gasteiger partial charge is 0.411 e. The fourth-order valence-electron chi connectivity index (χ4n) is 1.75. The molecule has 4 nitrogen and oxygen atoms in total. The lowest BCUT2D eigenvalue weighted by Crippen LogP contribution is -2.34. The molecule has 1 atom stereocenters. The van der Waals surface area contributed by atoms with Crippen LogP contribution in [0.4, 0.5) is 0 Å². The van der Waals surface area contributed by atoms with Crippen molar-refractivity contribution in [3.8, 4) is 0 Å². The fourth-order valence-corrected chi connectivity index (χ4v) is 1.75. The van der Waals surface area contributed by atoms with Crippen molar-refractivity contribution < 1.29 is 9.63 Å². The van der Waals surface area contributed by atoms with Gasteiger partial charge in [-0.25, -0.2) is 0 Å². The highest BCUT2D eigenvalue weighted by Crippen LogP contribution is 2.32. The van der Waals surface area contributed by atoms with Gasteiger partial charge in [0.1, 0.15) is 5.76 Å². The first-order chi connectivity index (χ1) is 6.75. The lowest BCUT2D eigenvalue weighted by atomic mass is 9.80. The van der Waals surface area contributed by atoms with Crippen LogP contribution in [0, 0.1) is 5.92 Å². The van der Waals surface area contributed by atoms with Crippen LogP contribution in [0.5, 0.6) is 0 Å². The van der Waals surface area contributed by atoms with Crippen molar-refractivity contribution in [2.75, 3.05) is 6.54 Å². The van der Waals surface area contributed by atoms with Gasteiger partial charge in [-0.05, 0) is 24.8 Å². The highest BCUT2D eigenvalue weighted by atomic mass is 16.7. The summed E-state index contributed by atoms with van der Waals surface area (Å²) in [6.07, 6.45) is 5.98. The zero-order valence-corrected chi connectivity index (χ0v) is 8.38. The Hall–Kier alpha value is -1.03. The second-order valence-electron chi connectivity index (χ2n) is 3.98. The average molecular weight is 196 g/mol. The number of carbonyl (C=O) groups is 1. The van der Waals surface area contributed by atoms with Gasteiger partial charge in [-0.15, -0.1) is 5.48 Å². The second kappa shape index (κ2) is 4.00. The van der Waals surface area contributed by atoms with E-state index in [1.807, 2.05) is 0 Å². The van der Waals surface area contributed by atoms with Crippen molar-refractivity contribution in [2.24, 2.45) is 5.92 Å². The Labute approximate surface area is 83.7 Å². The van der Waals surface area contributed by atoms with Gasteiger partial charge in [-0.2, -0.15) is 0 Å². The zero-order chi connectivity index (χ0) is 9.97. The van der Waals surface area contributed by atoms with Gasteiger partial charge in [0.25, 0.3) is 0 Å². The van der Waals surface area contributed by atoms with E-state index in [-0.39, 0.29) is 5.91 Å². The number of amides is 1. The van der Waals surface area contributed by atoms with E-state index in [4.69, 9.17) is 4.84 Å². The number of nitrogens with one attached hydrogen (secondary N) is 2. The normalized spacial score (nSPS) is 26.4. The summed E-state index contributed by atoms with van der Waals surface area (Å²) in [4.78, 5) is 15.9. The van der Waals surface area contributed by atoms with Gasteiger partial charge in [0, 0.05) is 6.92 Å². The topological polar surface area (TPSA) is 50.4 Å². The Bertz CT molecular complexity index is 259. The molecule has 2 aliphatic rings. The molecule has 2 N–H and O–H groups in total. The number of hydroxylamine groups is 1. The van der Waals surface area contributed by atoms with Gasteiger partial charge in [0.05, 0.1) is 12.6 Å². The van der Waals surface area contributed by atoms with E-state index >= 15 is 0 Å². The molecule has 1 aliphatic heterocycles. The third kappa shape index (κ3) is 2.07. The standard InChI is InChI=1S/C10H16N2O2/c1-7(13)11-6-9-5-10(12-14-9)8-3-2-4-8/h5,8,10,12H,2-4,6H2,1H3,(H,11,13). The summed E-state index contributed by atoms with van der Waals surface area (Å²) < 4.78 is 0. The second-order valence-corrected chi connectivity index (χ2v) is 3.98. The minimum atomic E-state index is -0.0263. The van der Waals surface area contributed by atoms with Crippen LogP contribution in [0.2, 0.25) is 0 Å². The van der Waals surface area contributed by atoms with E-state index < -0.39 is 0 Å². The fraction of sp³-hybridized carbons (Fsp3) is 0.700. The summed E-state index contributed by atoms with van der Waals surface area (Å²) in [5.41, 5.74) is 2.99.